The molecule has 0 spiro atoms. The lowest BCUT2D eigenvalue weighted by Gasteiger charge is -2.34. The average Bonchev–Trinajstić information content (AvgIpc) is 2.81. The van der Waals surface area contributed by atoms with Crippen molar-refractivity contribution in [3.8, 4) is 0 Å². The number of carbonyl (C=O) groups is 2. The highest BCUT2D eigenvalue weighted by molar-refractivity contribution is 6.16. The van der Waals surface area contributed by atoms with Gasteiger partial charge in [-0.1, -0.05) is 6.92 Å². The number of ketones is 1. The summed E-state index contributed by atoms with van der Waals surface area (Å²) in [5.41, 5.74) is -0.220. The number of carboxylic acid groups (broad SMARTS) is 1. The van der Waals surface area contributed by atoms with Crippen molar-refractivity contribution in [2.24, 2.45) is 22.2 Å². The minimum absolute atomic E-state index is 0.00441. The molecule has 0 aromatic rings. The Morgan fingerprint density at radius 3 is 3.00 bits per heavy atom. The van der Waals surface area contributed by atoms with Crippen LogP contribution in [0.4, 0.5) is 0 Å². The summed E-state index contributed by atoms with van der Waals surface area (Å²) in [7, 11) is 0. The number of aliphatic imine (C=N–C) groups is 1. The van der Waals surface area contributed by atoms with Crippen LogP contribution in [0, 0.1) is 17.3 Å². The number of aliphatic carboxylic acids is 1. The molecule has 4 unspecified atom stereocenters. The molecule has 6 heteroatoms. The van der Waals surface area contributed by atoms with E-state index in [2.05, 4.69) is 13.0 Å². The van der Waals surface area contributed by atoms with E-state index in [1.54, 1.807) is 11.1 Å². The van der Waals surface area contributed by atoms with Crippen molar-refractivity contribution in [2.75, 3.05) is 6.54 Å². The number of hydrogen-bond acceptors (Lipinski definition) is 5. The summed E-state index contributed by atoms with van der Waals surface area (Å²) in [5, 5.41) is 9.53. The second-order valence-corrected chi connectivity index (χ2v) is 7.21. The third-order valence-corrected chi connectivity index (χ3v) is 5.60. The van der Waals surface area contributed by atoms with E-state index in [1.165, 1.54) is 19.3 Å². The number of Topliss-reactive ketones (excluding diaryl/α,β-unsaturated/α-hetero) is 1. The number of carboxylic acids is 1. The molecule has 0 saturated heterocycles. The largest absolute Gasteiger partial charge is 0.480 e. The summed E-state index contributed by atoms with van der Waals surface area (Å²) in [6.45, 7) is 3.65. The van der Waals surface area contributed by atoms with Gasteiger partial charge in [0.1, 0.15) is 23.1 Å². The quantitative estimate of drug-likeness (QED) is 0.746. The number of carbonyl (C=O) groups excluding carboxylic acids is 1. The van der Waals surface area contributed by atoms with Crippen molar-refractivity contribution >= 4 is 17.5 Å². The molecule has 4 atom stereocenters. The summed E-state index contributed by atoms with van der Waals surface area (Å²) < 4.78 is 5.71. The highest BCUT2D eigenvalue weighted by Gasteiger charge is 2.46. The topological polar surface area (TPSA) is 79.2 Å². The Bertz CT molecular complexity index is 748. The van der Waals surface area contributed by atoms with Gasteiger partial charge in [0.15, 0.2) is 5.78 Å². The van der Waals surface area contributed by atoms with E-state index in [1.807, 2.05) is 0 Å². The minimum atomic E-state index is -1.53. The lowest BCUT2D eigenvalue weighted by Crippen LogP contribution is -2.46. The highest BCUT2D eigenvalue weighted by Crippen LogP contribution is 2.41. The maximum Gasteiger partial charge on any atom is 0.320 e. The first-order valence-electron chi connectivity index (χ1n) is 8.30. The lowest BCUT2D eigenvalue weighted by molar-refractivity contribution is -0.151. The summed E-state index contributed by atoms with van der Waals surface area (Å²) in [5.74, 6) is 0.0386. The van der Waals surface area contributed by atoms with Gasteiger partial charge in [0.2, 0.25) is 0 Å². The van der Waals surface area contributed by atoms with Gasteiger partial charge in [-0.3, -0.25) is 14.6 Å². The SMILES string of the molecule is CC1CCC2C=C3OC=CN4CC(=O)C(C)(C(=O)O)C=C4C3=NC12. The zero-order chi connectivity index (χ0) is 17.1. The summed E-state index contributed by atoms with van der Waals surface area (Å²) in [4.78, 5) is 30.6. The van der Waals surface area contributed by atoms with Crippen LogP contribution in [0.5, 0.6) is 0 Å². The van der Waals surface area contributed by atoms with Crippen molar-refractivity contribution in [2.45, 2.75) is 32.7 Å². The lowest BCUT2D eigenvalue weighted by atomic mass is 9.80. The van der Waals surface area contributed by atoms with Crippen LogP contribution < -0.4 is 0 Å². The first-order valence-corrected chi connectivity index (χ1v) is 8.30. The molecule has 1 aliphatic carbocycles. The summed E-state index contributed by atoms with van der Waals surface area (Å²) >= 11 is 0. The van der Waals surface area contributed by atoms with Crippen molar-refractivity contribution < 1.29 is 19.4 Å². The maximum absolute atomic E-state index is 12.3. The number of ether oxygens (including phenoxy) is 1. The van der Waals surface area contributed by atoms with Crippen molar-refractivity contribution in [3.05, 3.63) is 36.1 Å². The molecule has 1 N–H and O–H groups in total. The molecular formula is C18H20N2O4. The first kappa shape index (κ1) is 15.2. The van der Waals surface area contributed by atoms with E-state index < -0.39 is 11.4 Å². The van der Waals surface area contributed by atoms with Gasteiger partial charge in [-0.25, -0.2) is 0 Å². The Labute approximate surface area is 140 Å². The molecule has 6 nitrogen and oxygen atoms in total. The normalized spacial score (nSPS) is 37.2. The van der Waals surface area contributed by atoms with Crippen LogP contribution >= 0.6 is 0 Å². The van der Waals surface area contributed by atoms with Gasteiger partial charge < -0.3 is 14.7 Å². The Balaban J connectivity index is 1.84. The molecule has 0 aromatic heterocycles. The van der Waals surface area contributed by atoms with E-state index in [0.717, 1.165) is 12.8 Å². The van der Waals surface area contributed by atoms with Gasteiger partial charge in [-0.05, 0) is 37.8 Å². The average molecular weight is 328 g/mol. The van der Waals surface area contributed by atoms with E-state index in [-0.39, 0.29) is 18.4 Å². The first-order chi connectivity index (χ1) is 11.4. The molecule has 0 aromatic carbocycles. The van der Waals surface area contributed by atoms with E-state index in [9.17, 15) is 14.7 Å². The van der Waals surface area contributed by atoms with Crippen LogP contribution in [-0.2, 0) is 14.3 Å². The summed E-state index contributed by atoms with van der Waals surface area (Å²) in [6.07, 6.45) is 9.06. The monoisotopic (exact) mass is 328 g/mol. The van der Waals surface area contributed by atoms with Gasteiger partial charge in [-0.2, -0.15) is 0 Å². The van der Waals surface area contributed by atoms with Gasteiger partial charge >= 0.3 is 5.97 Å². The minimum Gasteiger partial charge on any atom is -0.480 e. The standard InChI is InChI=1S/C18H20N2O4/c1-10-3-4-11-7-13-16(19-15(10)11)12-8-18(2,17(22)23)14(21)9-20(12)5-6-24-13/h5-8,10-11,15H,3-4,9H2,1-2H3,(H,22,23). The predicted octanol–water partition coefficient (Wildman–Crippen LogP) is 2.10. The number of nitrogens with zero attached hydrogens (tertiary/aromatic N) is 2. The number of dihydropyridines is 1. The van der Waals surface area contributed by atoms with Crippen LogP contribution in [0.25, 0.3) is 0 Å². The second-order valence-electron chi connectivity index (χ2n) is 7.21. The highest BCUT2D eigenvalue weighted by atomic mass is 16.5. The van der Waals surface area contributed by atoms with Crippen LogP contribution in [0.15, 0.2) is 41.1 Å². The second kappa shape index (κ2) is 5.06. The van der Waals surface area contributed by atoms with E-state index in [0.29, 0.717) is 29.0 Å². The number of fused-ring (bicyclic) bond motifs is 4. The fourth-order valence-corrected chi connectivity index (χ4v) is 3.93. The molecule has 0 bridgehead atoms. The van der Waals surface area contributed by atoms with Gasteiger partial charge in [-0.15, -0.1) is 0 Å². The molecular weight excluding hydrogens is 308 g/mol. The molecule has 24 heavy (non-hydrogen) atoms. The third kappa shape index (κ3) is 2.05. The Kier molecular flexibility index (Phi) is 3.20. The van der Waals surface area contributed by atoms with Crippen LogP contribution in [0.3, 0.4) is 0 Å². The van der Waals surface area contributed by atoms with Crippen molar-refractivity contribution in [3.63, 3.8) is 0 Å². The molecule has 1 saturated carbocycles. The fraction of sp³-hybridized carbons (Fsp3) is 0.500. The van der Waals surface area contributed by atoms with Gasteiger partial charge in [0, 0.05) is 12.1 Å². The number of rotatable bonds is 1. The Morgan fingerprint density at radius 1 is 1.46 bits per heavy atom. The van der Waals surface area contributed by atoms with E-state index >= 15 is 0 Å². The molecule has 0 amide bonds. The molecule has 0 radical (unpaired) electrons. The summed E-state index contributed by atoms with van der Waals surface area (Å²) in [6, 6.07) is 0.196. The zero-order valence-electron chi connectivity index (χ0n) is 13.7. The molecule has 4 rings (SSSR count). The molecule has 3 aliphatic heterocycles. The smallest absolute Gasteiger partial charge is 0.320 e. The van der Waals surface area contributed by atoms with Gasteiger partial charge in [0.25, 0.3) is 0 Å². The Morgan fingerprint density at radius 2 is 2.25 bits per heavy atom. The van der Waals surface area contributed by atoms with Crippen LogP contribution in [-0.4, -0.2) is 40.1 Å². The van der Waals surface area contributed by atoms with Crippen molar-refractivity contribution in [1.82, 2.24) is 4.90 Å². The van der Waals surface area contributed by atoms with Crippen molar-refractivity contribution in [1.29, 1.82) is 0 Å². The molecule has 1 fully saturated rings. The molecule has 126 valence electrons. The zero-order valence-corrected chi connectivity index (χ0v) is 13.7. The molecule has 4 aliphatic rings. The van der Waals surface area contributed by atoms with Crippen LogP contribution in [0.2, 0.25) is 0 Å². The Hall–Kier alpha value is -2.37. The number of hydrogen-bond donors (Lipinski definition) is 1. The third-order valence-electron chi connectivity index (χ3n) is 5.60. The molecule has 3 heterocycles. The van der Waals surface area contributed by atoms with Gasteiger partial charge in [0.05, 0.1) is 18.3 Å². The maximum atomic E-state index is 12.3. The van der Waals surface area contributed by atoms with E-state index in [4.69, 9.17) is 9.73 Å². The van der Waals surface area contributed by atoms with Crippen LogP contribution in [0.1, 0.15) is 26.7 Å². The fourth-order valence-electron chi connectivity index (χ4n) is 3.93. The predicted molar refractivity (Wildman–Crippen MR) is 87.0 cm³/mol.